The molecule has 5 aromatic rings. The zero-order valence-corrected chi connectivity index (χ0v) is 25.2. The summed E-state index contributed by atoms with van der Waals surface area (Å²) in [5.74, 6) is 0.640. The molecule has 11 heteroatoms. The maximum atomic E-state index is 13.2. The highest BCUT2D eigenvalue weighted by Gasteiger charge is 2.19. The Kier molecular flexibility index (Phi) is 8.32. The van der Waals surface area contributed by atoms with Crippen LogP contribution in [0.1, 0.15) is 16.9 Å². The molecule has 0 spiro atoms. The molecular weight excluding hydrogens is 550 g/mol. The van der Waals surface area contributed by atoms with Crippen molar-refractivity contribution in [1.82, 2.24) is 19.4 Å². The molecule has 10 nitrogen and oxygen atoms in total. The second-order valence-corrected chi connectivity index (χ2v) is 11.3. The lowest BCUT2D eigenvalue weighted by molar-refractivity contribution is 0.101. The van der Waals surface area contributed by atoms with Crippen LogP contribution in [0.5, 0.6) is 5.75 Å². The number of aryl methyl sites for hydroxylation is 1. The van der Waals surface area contributed by atoms with E-state index >= 15 is 0 Å². The molecule has 0 saturated carbocycles. The minimum absolute atomic E-state index is 0.204. The Bertz CT molecular complexity index is 1780. The number of para-hydroxylation sites is 1. The van der Waals surface area contributed by atoms with Gasteiger partial charge in [-0.15, -0.1) is 11.3 Å². The Morgan fingerprint density at radius 3 is 2.57 bits per heavy atom. The molecule has 2 aromatic carbocycles. The number of benzene rings is 2. The fourth-order valence-electron chi connectivity index (χ4n) is 4.96. The minimum atomic E-state index is -0.235. The van der Waals surface area contributed by atoms with E-state index in [1.165, 1.54) is 11.3 Å². The summed E-state index contributed by atoms with van der Waals surface area (Å²) in [6, 6.07) is 15.1. The van der Waals surface area contributed by atoms with Crippen LogP contribution in [-0.4, -0.2) is 72.6 Å². The van der Waals surface area contributed by atoms with Crippen LogP contribution in [0.3, 0.4) is 0 Å². The number of hydrogen-bond acceptors (Lipinski definition) is 7. The summed E-state index contributed by atoms with van der Waals surface area (Å²) in [5.41, 5.74) is 10.7. The van der Waals surface area contributed by atoms with E-state index < -0.39 is 0 Å². The van der Waals surface area contributed by atoms with Crippen molar-refractivity contribution in [2.75, 3.05) is 57.7 Å². The van der Waals surface area contributed by atoms with Gasteiger partial charge in [0.2, 0.25) is 0 Å². The smallest absolute Gasteiger partial charge is 0.321 e. The number of methoxy groups -OCH3 is 1. The molecule has 0 aliphatic heterocycles. The quantitative estimate of drug-likeness (QED) is 0.204. The van der Waals surface area contributed by atoms with Crippen molar-refractivity contribution >= 4 is 61.5 Å². The van der Waals surface area contributed by atoms with Crippen molar-refractivity contribution in [2.45, 2.75) is 6.42 Å². The summed E-state index contributed by atoms with van der Waals surface area (Å²) in [5, 5.41) is 9.71. The predicted molar refractivity (Wildman–Crippen MR) is 172 cm³/mol. The van der Waals surface area contributed by atoms with Crippen LogP contribution in [0.15, 0.2) is 60.1 Å². The van der Waals surface area contributed by atoms with Gasteiger partial charge in [-0.1, -0.05) is 24.3 Å². The third kappa shape index (κ3) is 5.74. The molecule has 0 atom stereocenters. The molecular formula is C31H35N7O3S. The number of urea groups is 1. The van der Waals surface area contributed by atoms with Crippen molar-refractivity contribution in [1.29, 1.82) is 0 Å². The number of pyridine rings is 1. The topological polar surface area (TPSA) is 118 Å². The van der Waals surface area contributed by atoms with Crippen LogP contribution in [0.2, 0.25) is 0 Å². The first kappa shape index (κ1) is 28.9. The number of fused-ring (bicyclic) bond motifs is 2. The Morgan fingerprint density at radius 1 is 1.05 bits per heavy atom. The number of nitrogens with one attached hydrogen (secondary N) is 2. The molecule has 218 valence electrons. The van der Waals surface area contributed by atoms with Crippen LogP contribution in [0, 0.1) is 0 Å². The number of rotatable bonds is 9. The van der Waals surface area contributed by atoms with Gasteiger partial charge in [0, 0.05) is 47.9 Å². The van der Waals surface area contributed by atoms with Gasteiger partial charge in [0.05, 0.1) is 29.4 Å². The molecule has 0 fully saturated rings. The van der Waals surface area contributed by atoms with Gasteiger partial charge in [0.25, 0.3) is 5.91 Å². The van der Waals surface area contributed by atoms with E-state index in [4.69, 9.17) is 10.5 Å². The van der Waals surface area contributed by atoms with Crippen LogP contribution in [0.4, 0.5) is 22.0 Å². The molecule has 0 unspecified atom stereocenters. The fraction of sp³-hybridized carbons (Fsp3) is 0.258. The maximum absolute atomic E-state index is 13.2. The van der Waals surface area contributed by atoms with E-state index in [9.17, 15) is 9.59 Å². The molecule has 4 N–H and O–H groups in total. The third-order valence-corrected chi connectivity index (χ3v) is 8.27. The van der Waals surface area contributed by atoms with Crippen molar-refractivity contribution in [3.8, 4) is 16.9 Å². The number of hydrogen-bond donors (Lipinski definition) is 3. The molecule has 3 amide bonds. The van der Waals surface area contributed by atoms with Gasteiger partial charge >= 0.3 is 6.03 Å². The summed E-state index contributed by atoms with van der Waals surface area (Å²) >= 11 is 1.48. The second kappa shape index (κ2) is 12.1. The minimum Gasteiger partial charge on any atom is -0.495 e. The van der Waals surface area contributed by atoms with Gasteiger partial charge in [0.15, 0.2) is 0 Å². The predicted octanol–water partition coefficient (Wildman–Crippen LogP) is 5.71. The van der Waals surface area contributed by atoms with E-state index in [1.54, 1.807) is 25.3 Å². The van der Waals surface area contributed by atoms with E-state index in [2.05, 4.69) is 20.5 Å². The van der Waals surface area contributed by atoms with Crippen molar-refractivity contribution in [2.24, 2.45) is 7.05 Å². The first-order valence-corrected chi connectivity index (χ1v) is 14.4. The monoisotopic (exact) mass is 585 g/mol. The highest BCUT2D eigenvalue weighted by molar-refractivity contribution is 7.18. The number of amides is 3. The van der Waals surface area contributed by atoms with E-state index in [0.717, 1.165) is 45.1 Å². The van der Waals surface area contributed by atoms with E-state index in [1.807, 2.05) is 79.6 Å². The van der Waals surface area contributed by atoms with Crippen molar-refractivity contribution in [3.63, 3.8) is 0 Å². The number of thiophene rings is 1. The molecule has 3 aromatic heterocycles. The molecule has 3 heterocycles. The highest BCUT2D eigenvalue weighted by atomic mass is 32.1. The molecule has 42 heavy (non-hydrogen) atoms. The molecule has 0 saturated heterocycles. The lowest BCUT2D eigenvalue weighted by Crippen LogP contribution is -2.33. The SMILES string of the molecule is COc1cc(-c2csc3c(NC(=O)N(C)CCCN(C)C)cnc(N)c23)ccc1NC(=O)c1cc2ccccc2n1C. The number of anilines is 3. The standard InChI is InChI=1S/C31H35N7O3S/c1-36(2)13-8-14-37(3)31(40)35-23-17-33-29(32)27-21(18-42-28(23)27)19-11-12-22(26(16-19)41-5)34-30(39)25-15-20-9-6-7-10-24(20)38(25)4/h6-7,9-12,15-18H,8,13-14H2,1-5H3,(H2,32,33)(H,34,39)(H,35,40). The maximum Gasteiger partial charge on any atom is 0.321 e. The van der Waals surface area contributed by atoms with E-state index in [0.29, 0.717) is 35.2 Å². The first-order chi connectivity index (χ1) is 20.2. The second-order valence-electron chi connectivity index (χ2n) is 10.4. The lowest BCUT2D eigenvalue weighted by atomic mass is 10.0. The Balaban J connectivity index is 1.39. The van der Waals surface area contributed by atoms with Crippen molar-refractivity contribution in [3.05, 3.63) is 65.8 Å². The van der Waals surface area contributed by atoms with Crippen LogP contribution < -0.4 is 21.1 Å². The summed E-state index contributed by atoms with van der Waals surface area (Å²) in [6.07, 6.45) is 2.46. The average Bonchev–Trinajstić information content (AvgIpc) is 3.57. The van der Waals surface area contributed by atoms with Gasteiger partial charge in [-0.2, -0.15) is 0 Å². The zero-order valence-electron chi connectivity index (χ0n) is 24.4. The molecule has 0 bridgehead atoms. The number of ether oxygens (including phenoxy) is 1. The zero-order chi connectivity index (χ0) is 30.0. The van der Waals surface area contributed by atoms with E-state index in [-0.39, 0.29) is 11.9 Å². The number of carbonyl (C=O) groups is 2. The molecule has 0 aliphatic carbocycles. The Labute approximate surface area is 248 Å². The summed E-state index contributed by atoms with van der Waals surface area (Å²) in [7, 11) is 9.24. The number of nitrogen functional groups attached to an aromatic ring is 1. The number of carbonyl (C=O) groups excluding carboxylic acids is 2. The number of nitrogens with zero attached hydrogens (tertiary/aromatic N) is 4. The summed E-state index contributed by atoms with van der Waals surface area (Å²) in [6.45, 7) is 1.53. The van der Waals surface area contributed by atoms with Crippen molar-refractivity contribution < 1.29 is 14.3 Å². The third-order valence-electron chi connectivity index (χ3n) is 7.26. The molecule has 5 rings (SSSR count). The summed E-state index contributed by atoms with van der Waals surface area (Å²) < 4.78 is 8.38. The Hall–Kier alpha value is -4.61. The Morgan fingerprint density at radius 2 is 1.83 bits per heavy atom. The summed E-state index contributed by atoms with van der Waals surface area (Å²) in [4.78, 5) is 34.2. The molecule has 0 radical (unpaired) electrons. The fourth-order valence-corrected chi connectivity index (χ4v) is 6.01. The van der Waals surface area contributed by atoms with Gasteiger partial charge in [-0.3, -0.25) is 4.79 Å². The number of aromatic nitrogens is 2. The van der Waals surface area contributed by atoms with Gasteiger partial charge in [-0.25, -0.2) is 9.78 Å². The average molecular weight is 586 g/mol. The van der Waals surface area contributed by atoms with Gasteiger partial charge in [-0.05, 0) is 56.9 Å². The van der Waals surface area contributed by atoms with Crippen LogP contribution in [-0.2, 0) is 7.05 Å². The first-order valence-electron chi connectivity index (χ1n) is 13.5. The van der Waals surface area contributed by atoms with Crippen LogP contribution in [0.25, 0.3) is 32.1 Å². The number of nitrogens with two attached hydrogens (primary N) is 1. The lowest BCUT2D eigenvalue weighted by Gasteiger charge is -2.19. The van der Waals surface area contributed by atoms with Crippen LogP contribution >= 0.6 is 11.3 Å². The largest absolute Gasteiger partial charge is 0.495 e. The normalized spacial score (nSPS) is 11.3. The van der Waals surface area contributed by atoms with Gasteiger partial charge < -0.3 is 35.5 Å². The molecule has 0 aliphatic rings. The highest BCUT2D eigenvalue weighted by Crippen LogP contribution is 2.42. The van der Waals surface area contributed by atoms with Gasteiger partial charge in [0.1, 0.15) is 17.3 Å².